The molecule has 34 heavy (non-hydrogen) atoms. The number of nitrogens with one attached hydrogen (secondary N) is 3. The number of halogens is 1. The summed E-state index contributed by atoms with van der Waals surface area (Å²) in [6.45, 7) is 6.54. The van der Waals surface area contributed by atoms with E-state index < -0.39 is 5.82 Å². The van der Waals surface area contributed by atoms with E-state index in [2.05, 4.69) is 40.8 Å². The van der Waals surface area contributed by atoms with E-state index in [0.29, 0.717) is 31.3 Å². The molecule has 178 valence electrons. The molecule has 0 radical (unpaired) electrons. The van der Waals surface area contributed by atoms with E-state index in [-0.39, 0.29) is 18.0 Å². The second-order valence-corrected chi connectivity index (χ2v) is 8.90. The van der Waals surface area contributed by atoms with Gasteiger partial charge in [0, 0.05) is 43.1 Å². The summed E-state index contributed by atoms with van der Waals surface area (Å²) < 4.78 is 13.5. The standard InChI is InChI=1S/C25H30FN7O/c1-17(2)23-15-32(25(34)30-19-7-3-6-18(26)14-19)12-13-33(23)24(29-16-27)31-22-10-4-9-21-20(22)8-5-11-28-21/h3-4,6-7,9-10,14,17,23,28H,5,8,11-13,15H2,1-2H3,(H,29,31)(H,30,34). The average molecular weight is 464 g/mol. The number of hydrogen-bond acceptors (Lipinski definition) is 4. The summed E-state index contributed by atoms with van der Waals surface area (Å²) in [5.41, 5.74) is 3.50. The number of hydrogen-bond donors (Lipinski definition) is 3. The third kappa shape index (κ3) is 5.22. The van der Waals surface area contributed by atoms with Crippen LogP contribution in [-0.2, 0) is 6.42 Å². The van der Waals surface area contributed by atoms with Crippen molar-refractivity contribution in [2.24, 2.45) is 10.9 Å². The first-order valence-corrected chi connectivity index (χ1v) is 11.6. The Balaban J connectivity index is 1.55. The second-order valence-electron chi connectivity index (χ2n) is 8.90. The number of guanidine groups is 1. The number of benzene rings is 2. The van der Waals surface area contributed by atoms with Crippen molar-refractivity contribution in [1.29, 1.82) is 5.26 Å². The Morgan fingerprint density at radius 1 is 1.26 bits per heavy atom. The molecular formula is C25H30FN7O. The number of rotatable bonds is 3. The summed E-state index contributed by atoms with van der Waals surface area (Å²) in [5, 5.41) is 18.4. The minimum atomic E-state index is -0.399. The average Bonchev–Trinajstić information content (AvgIpc) is 2.83. The Morgan fingerprint density at radius 2 is 2.09 bits per heavy atom. The predicted octanol–water partition coefficient (Wildman–Crippen LogP) is 4.12. The van der Waals surface area contributed by atoms with Crippen molar-refractivity contribution in [1.82, 2.24) is 15.1 Å². The van der Waals surface area contributed by atoms with Crippen molar-refractivity contribution >= 4 is 29.1 Å². The normalized spacial score (nSPS) is 18.1. The molecule has 2 aromatic carbocycles. The number of aliphatic imine (C=N–C) groups is 1. The number of carbonyl (C=O) groups is 1. The van der Waals surface area contributed by atoms with Crippen LogP contribution in [0.3, 0.4) is 0 Å². The number of fused-ring (bicyclic) bond motifs is 1. The van der Waals surface area contributed by atoms with E-state index in [9.17, 15) is 14.4 Å². The van der Waals surface area contributed by atoms with Crippen LogP contribution in [0.5, 0.6) is 0 Å². The topological polar surface area (TPSA) is 95.8 Å². The van der Waals surface area contributed by atoms with Gasteiger partial charge in [0.1, 0.15) is 5.82 Å². The first-order chi connectivity index (χ1) is 16.5. The minimum Gasteiger partial charge on any atom is -0.385 e. The van der Waals surface area contributed by atoms with Gasteiger partial charge >= 0.3 is 6.03 Å². The van der Waals surface area contributed by atoms with Gasteiger partial charge in [0.15, 0.2) is 6.19 Å². The van der Waals surface area contributed by atoms with Crippen molar-refractivity contribution in [3.63, 3.8) is 0 Å². The molecule has 0 aliphatic carbocycles. The number of nitriles is 1. The Labute approximate surface area is 199 Å². The lowest BCUT2D eigenvalue weighted by Gasteiger charge is -2.44. The highest BCUT2D eigenvalue weighted by molar-refractivity contribution is 5.90. The van der Waals surface area contributed by atoms with Gasteiger partial charge in [0.2, 0.25) is 5.96 Å². The van der Waals surface area contributed by atoms with E-state index in [1.54, 1.807) is 17.0 Å². The molecule has 1 atom stereocenters. The molecule has 2 amide bonds. The van der Waals surface area contributed by atoms with Gasteiger partial charge in [-0.2, -0.15) is 5.26 Å². The Morgan fingerprint density at radius 3 is 2.85 bits per heavy atom. The van der Waals surface area contributed by atoms with Crippen LogP contribution in [0.15, 0.2) is 47.5 Å². The first-order valence-electron chi connectivity index (χ1n) is 11.6. The maximum Gasteiger partial charge on any atom is 0.321 e. The zero-order valence-corrected chi connectivity index (χ0v) is 19.5. The molecule has 2 heterocycles. The van der Waals surface area contributed by atoms with Crippen LogP contribution in [0.2, 0.25) is 0 Å². The van der Waals surface area contributed by atoms with E-state index in [0.717, 1.165) is 36.3 Å². The Hall–Kier alpha value is -3.80. The molecule has 9 heteroatoms. The highest BCUT2D eigenvalue weighted by atomic mass is 19.1. The number of anilines is 2. The van der Waals surface area contributed by atoms with Crippen molar-refractivity contribution in [3.05, 3.63) is 53.8 Å². The summed E-state index contributed by atoms with van der Waals surface area (Å²) in [6.07, 6.45) is 4.00. The zero-order chi connectivity index (χ0) is 24.1. The highest BCUT2D eigenvalue weighted by Gasteiger charge is 2.34. The van der Waals surface area contributed by atoms with Gasteiger partial charge in [-0.25, -0.2) is 14.2 Å². The summed E-state index contributed by atoms with van der Waals surface area (Å²) in [7, 11) is 0. The largest absolute Gasteiger partial charge is 0.385 e. The molecule has 2 aliphatic heterocycles. The van der Waals surface area contributed by atoms with Crippen molar-refractivity contribution in [2.75, 3.05) is 36.8 Å². The second kappa shape index (κ2) is 10.4. The molecule has 0 saturated carbocycles. The van der Waals surface area contributed by atoms with Crippen LogP contribution < -0.4 is 16.0 Å². The molecule has 2 aliphatic rings. The SMILES string of the molecule is CC(C)C1CN(C(=O)Nc2cccc(F)c2)CCN1C(=Nc1cccc2c1CCCN2)NC#N. The third-order valence-corrected chi connectivity index (χ3v) is 6.29. The monoisotopic (exact) mass is 463 g/mol. The van der Waals surface area contributed by atoms with Crippen LogP contribution in [0.4, 0.5) is 26.2 Å². The van der Waals surface area contributed by atoms with Gasteiger partial charge in [-0.1, -0.05) is 26.0 Å². The van der Waals surface area contributed by atoms with Crippen LogP contribution in [0.1, 0.15) is 25.8 Å². The molecule has 1 saturated heterocycles. The fraction of sp³-hybridized carbons (Fsp3) is 0.400. The summed E-state index contributed by atoms with van der Waals surface area (Å²) in [5.74, 6) is 0.289. The van der Waals surface area contributed by atoms with Gasteiger partial charge in [0.05, 0.1) is 11.7 Å². The molecule has 0 aromatic heterocycles. The number of urea groups is 1. The third-order valence-electron chi connectivity index (χ3n) is 6.29. The molecule has 8 nitrogen and oxygen atoms in total. The van der Waals surface area contributed by atoms with Gasteiger partial charge in [-0.05, 0) is 49.1 Å². The van der Waals surface area contributed by atoms with Gasteiger partial charge < -0.3 is 20.4 Å². The molecular weight excluding hydrogens is 433 g/mol. The number of nitrogens with zero attached hydrogens (tertiary/aromatic N) is 4. The lowest BCUT2D eigenvalue weighted by Crippen LogP contribution is -2.60. The fourth-order valence-electron chi connectivity index (χ4n) is 4.52. The van der Waals surface area contributed by atoms with Crippen molar-refractivity contribution < 1.29 is 9.18 Å². The number of piperazine rings is 1. The molecule has 0 bridgehead atoms. The molecule has 1 fully saturated rings. The van der Waals surface area contributed by atoms with Crippen molar-refractivity contribution in [2.45, 2.75) is 32.7 Å². The highest BCUT2D eigenvalue weighted by Crippen LogP contribution is 2.31. The van der Waals surface area contributed by atoms with E-state index in [1.807, 2.05) is 18.3 Å². The molecule has 3 N–H and O–H groups in total. The summed E-state index contributed by atoms with van der Waals surface area (Å²) >= 11 is 0. The van der Waals surface area contributed by atoms with E-state index in [4.69, 9.17) is 4.99 Å². The fourth-order valence-corrected chi connectivity index (χ4v) is 4.52. The van der Waals surface area contributed by atoms with Gasteiger partial charge in [-0.3, -0.25) is 5.32 Å². The predicted molar refractivity (Wildman–Crippen MR) is 131 cm³/mol. The Kier molecular flexibility index (Phi) is 7.16. The number of amides is 2. The maximum atomic E-state index is 13.5. The van der Waals surface area contributed by atoms with E-state index in [1.165, 1.54) is 12.1 Å². The lowest BCUT2D eigenvalue weighted by molar-refractivity contribution is 0.118. The van der Waals surface area contributed by atoms with Crippen LogP contribution in [0, 0.1) is 23.2 Å². The maximum absolute atomic E-state index is 13.5. The van der Waals surface area contributed by atoms with Crippen LogP contribution in [-0.4, -0.2) is 54.0 Å². The van der Waals surface area contributed by atoms with Crippen LogP contribution in [0.25, 0.3) is 0 Å². The van der Waals surface area contributed by atoms with E-state index >= 15 is 0 Å². The molecule has 4 rings (SSSR count). The summed E-state index contributed by atoms with van der Waals surface area (Å²) in [6, 6.07) is 11.5. The quantitative estimate of drug-likeness (QED) is 0.276. The van der Waals surface area contributed by atoms with Gasteiger partial charge in [0.25, 0.3) is 0 Å². The molecule has 1 unspecified atom stereocenters. The molecule has 2 aromatic rings. The molecule has 0 spiro atoms. The van der Waals surface area contributed by atoms with Crippen molar-refractivity contribution in [3.8, 4) is 6.19 Å². The van der Waals surface area contributed by atoms with Gasteiger partial charge in [-0.15, -0.1) is 0 Å². The zero-order valence-electron chi connectivity index (χ0n) is 19.5. The first kappa shape index (κ1) is 23.4. The lowest BCUT2D eigenvalue weighted by atomic mass is 9.99. The number of carbonyl (C=O) groups excluding carboxylic acids is 1. The minimum absolute atomic E-state index is 0.0516. The Bertz CT molecular complexity index is 1110. The smallest absolute Gasteiger partial charge is 0.321 e. The summed E-state index contributed by atoms with van der Waals surface area (Å²) in [4.78, 5) is 21.5. The van der Waals surface area contributed by atoms with Crippen LogP contribution >= 0.6 is 0 Å².